The second kappa shape index (κ2) is 8.08. The first-order valence-corrected chi connectivity index (χ1v) is 10.2. The molecule has 0 bridgehead atoms. The lowest BCUT2D eigenvalue weighted by Crippen LogP contribution is -2.17. The van der Waals surface area contributed by atoms with Crippen molar-refractivity contribution in [1.82, 2.24) is 9.38 Å². The number of carbonyl (C=O) groups is 2. The molecule has 0 aliphatic rings. The van der Waals surface area contributed by atoms with Crippen molar-refractivity contribution in [1.29, 1.82) is 0 Å². The topological polar surface area (TPSA) is 72.7 Å². The third-order valence-corrected chi connectivity index (χ3v) is 5.45. The van der Waals surface area contributed by atoms with Crippen molar-refractivity contribution < 1.29 is 18.7 Å². The minimum absolute atomic E-state index is 0.203. The van der Waals surface area contributed by atoms with E-state index in [-0.39, 0.29) is 12.3 Å². The Morgan fingerprint density at radius 1 is 1.20 bits per heavy atom. The molecular weight excluding hydrogens is 405 g/mol. The number of hydrogen-bond donors (Lipinski definition) is 1. The summed E-state index contributed by atoms with van der Waals surface area (Å²) in [6, 6.07) is 12.2. The van der Waals surface area contributed by atoms with Crippen molar-refractivity contribution in [2.24, 2.45) is 0 Å². The molecule has 0 saturated carbocycles. The van der Waals surface area contributed by atoms with E-state index in [1.165, 1.54) is 34.1 Å². The minimum atomic E-state index is -0.520. The van der Waals surface area contributed by atoms with Gasteiger partial charge in [0.1, 0.15) is 27.7 Å². The molecule has 0 aliphatic carbocycles. The van der Waals surface area contributed by atoms with E-state index in [0.29, 0.717) is 27.5 Å². The summed E-state index contributed by atoms with van der Waals surface area (Å²) in [7, 11) is 0. The summed E-state index contributed by atoms with van der Waals surface area (Å²) in [5.74, 6) is -1.49. The molecule has 152 valence electrons. The van der Waals surface area contributed by atoms with Crippen molar-refractivity contribution in [3.63, 3.8) is 0 Å². The first-order chi connectivity index (χ1) is 14.5. The van der Waals surface area contributed by atoms with Crippen molar-refractivity contribution in [3.05, 3.63) is 76.8 Å². The van der Waals surface area contributed by atoms with Crippen LogP contribution in [0.25, 0.3) is 16.8 Å². The van der Waals surface area contributed by atoms with Gasteiger partial charge >= 0.3 is 5.97 Å². The molecule has 0 atom stereocenters. The van der Waals surface area contributed by atoms with Crippen LogP contribution in [0.15, 0.2) is 54.0 Å². The predicted molar refractivity (Wildman–Crippen MR) is 114 cm³/mol. The average molecular weight is 423 g/mol. The molecule has 0 unspecified atom stereocenters. The molecule has 6 nitrogen and oxygen atoms in total. The molecule has 1 aromatic carbocycles. The van der Waals surface area contributed by atoms with E-state index in [1.54, 1.807) is 19.2 Å². The first kappa shape index (κ1) is 19.8. The Labute approximate surface area is 176 Å². The summed E-state index contributed by atoms with van der Waals surface area (Å²) < 4.78 is 20.3. The van der Waals surface area contributed by atoms with Gasteiger partial charge in [-0.15, -0.1) is 11.3 Å². The van der Waals surface area contributed by atoms with Gasteiger partial charge in [-0.3, -0.25) is 9.20 Å². The van der Waals surface area contributed by atoms with Crippen LogP contribution >= 0.6 is 11.3 Å². The monoisotopic (exact) mass is 423 g/mol. The van der Waals surface area contributed by atoms with E-state index >= 15 is 0 Å². The molecule has 0 fully saturated rings. The Balaban J connectivity index is 1.76. The second-order valence-electron chi connectivity index (χ2n) is 6.52. The number of carbonyl (C=O) groups excluding carboxylic acids is 2. The number of esters is 1. The van der Waals surface area contributed by atoms with Crippen molar-refractivity contribution in [2.75, 3.05) is 11.9 Å². The van der Waals surface area contributed by atoms with Crippen LogP contribution in [0.3, 0.4) is 0 Å². The standard InChI is InChI=1S/C22H18FN3O3S/c1-3-29-22(28)18-16(14-7-5-4-6-8-14)12-30-21(18)25-20(27)19-13(2)24-17-10-9-15(23)11-26(17)19/h4-12H,3H2,1-2H3,(H,25,27). The van der Waals surface area contributed by atoms with Gasteiger partial charge in [0.2, 0.25) is 0 Å². The quantitative estimate of drug-likeness (QED) is 0.462. The maximum atomic E-state index is 13.7. The average Bonchev–Trinajstić information content (AvgIpc) is 3.28. The number of thiophene rings is 1. The number of ether oxygens (including phenoxy) is 1. The number of amides is 1. The molecular formula is C22H18FN3O3S. The molecule has 3 aromatic heterocycles. The summed E-state index contributed by atoms with van der Waals surface area (Å²) >= 11 is 1.23. The highest BCUT2D eigenvalue weighted by atomic mass is 32.1. The highest BCUT2D eigenvalue weighted by Crippen LogP contribution is 2.36. The summed E-state index contributed by atoms with van der Waals surface area (Å²) in [5.41, 5.74) is 2.92. The SMILES string of the molecule is CCOC(=O)c1c(-c2ccccc2)csc1NC(=O)c1c(C)nc2ccc(F)cn12. The molecule has 0 radical (unpaired) electrons. The van der Waals surface area contributed by atoms with Gasteiger partial charge in [-0.25, -0.2) is 14.2 Å². The fourth-order valence-electron chi connectivity index (χ4n) is 3.26. The molecule has 4 aromatic rings. The zero-order valence-corrected chi connectivity index (χ0v) is 17.1. The van der Waals surface area contributed by atoms with Gasteiger partial charge in [-0.1, -0.05) is 30.3 Å². The van der Waals surface area contributed by atoms with Gasteiger partial charge in [0.15, 0.2) is 0 Å². The Kier molecular flexibility index (Phi) is 5.33. The van der Waals surface area contributed by atoms with Crippen LogP contribution in [0.4, 0.5) is 9.39 Å². The predicted octanol–water partition coefficient (Wildman–Crippen LogP) is 4.94. The highest BCUT2D eigenvalue weighted by molar-refractivity contribution is 7.15. The van der Waals surface area contributed by atoms with Crippen molar-refractivity contribution in [3.8, 4) is 11.1 Å². The third kappa shape index (κ3) is 3.57. The van der Waals surface area contributed by atoms with E-state index in [2.05, 4.69) is 10.3 Å². The van der Waals surface area contributed by atoms with Gasteiger partial charge in [-0.2, -0.15) is 0 Å². The molecule has 1 amide bonds. The smallest absolute Gasteiger partial charge is 0.341 e. The summed E-state index contributed by atoms with van der Waals surface area (Å²) in [6.07, 6.45) is 1.21. The number of fused-ring (bicyclic) bond motifs is 1. The zero-order valence-electron chi connectivity index (χ0n) is 16.3. The molecule has 3 heterocycles. The van der Waals surface area contributed by atoms with Crippen LogP contribution in [0.2, 0.25) is 0 Å². The maximum Gasteiger partial charge on any atom is 0.341 e. The number of aryl methyl sites for hydroxylation is 1. The highest BCUT2D eigenvalue weighted by Gasteiger charge is 2.25. The third-order valence-electron chi connectivity index (χ3n) is 4.55. The summed E-state index contributed by atoms with van der Waals surface area (Å²) in [4.78, 5) is 30.0. The Hall–Kier alpha value is -3.52. The zero-order chi connectivity index (χ0) is 21.3. The van der Waals surface area contributed by atoms with E-state index in [0.717, 1.165) is 5.56 Å². The molecule has 1 N–H and O–H groups in total. The van der Waals surface area contributed by atoms with Crippen molar-refractivity contribution in [2.45, 2.75) is 13.8 Å². The van der Waals surface area contributed by atoms with E-state index in [1.807, 2.05) is 30.3 Å². The summed E-state index contributed by atoms with van der Waals surface area (Å²) in [5, 5.41) is 4.96. The normalized spacial score (nSPS) is 10.9. The Bertz CT molecular complexity index is 1250. The number of aromatic nitrogens is 2. The van der Waals surface area contributed by atoms with Crippen LogP contribution in [-0.4, -0.2) is 27.9 Å². The Morgan fingerprint density at radius 2 is 1.97 bits per heavy atom. The number of nitrogens with zero attached hydrogens (tertiary/aromatic N) is 2. The molecule has 0 aliphatic heterocycles. The van der Waals surface area contributed by atoms with Gasteiger partial charge in [0, 0.05) is 17.1 Å². The minimum Gasteiger partial charge on any atom is -0.462 e. The van der Waals surface area contributed by atoms with Crippen LogP contribution in [0.5, 0.6) is 0 Å². The number of anilines is 1. The molecule has 0 spiro atoms. The molecule has 4 rings (SSSR count). The first-order valence-electron chi connectivity index (χ1n) is 9.29. The van der Waals surface area contributed by atoms with E-state index < -0.39 is 17.7 Å². The van der Waals surface area contributed by atoms with Gasteiger partial charge in [0.05, 0.1) is 12.3 Å². The molecule has 0 saturated heterocycles. The fourth-order valence-corrected chi connectivity index (χ4v) is 4.21. The number of nitrogens with one attached hydrogen (secondary N) is 1. The summed E-state index contributed by atoms with van der Waals surface area (Å²) in [6.45, 7) is 3.61. The fraction of sp³-hybridized carbons (Fsp3) is 0.136. The molecule has 30 heavy (non-hydrogen) atoms. The number of rotatable bonds is 5. The number of halogens is 1. The number of hydrogen-bond acceptors (Lipinski definition) is 5. The van der Waals surface area contributed by atoms with E-state index in [9.17, 15) is 14.0 Å². The van der Waals surface area contributed by atoms with Gasteiger partial charge in [0.25, 0.3) is 5.91 Å². The van der Waals surface area contributed by atoms with Crippen LogP contribution in [-0.2, 0) is 4.74 Å². The Morgan fingerprint density at radius 3 is 2.70 bits per heavy atom. The lowest BCUT2D eigenvalue weighted by molar-refractivity contribution is 0.0529. The lowest BCUT2D eigenvalue weighted by atomic mass is 10.0. The van der Waals surface area contributed by atoms with Crippen LogP contribution in [0, 0.1) is 12.7 Å². The largest absolute Gasteiger partial charge is 0.462 e. The van der Waals surface area contributed by atoms with Gasteiger partial charge < -0.3 is 10.1 Å². The van der Waals surface area contributed by atoms with Crippen LogP contribution in [0.1, 0.15) is 33.5 Å². The second-order valence-corrected chi connectivity index (χ2v) is 7.40. The maximum absolute atomic E-state index is 13.7. The molecule has 8 heteroatoms. The van der Waals surface area contributed by atoms with E-state index in [4.69, 9.17) is 4.74 Å². The number of pyridine rings is 1. The van der Waals surface area contributed by atoms with Gasteiger partial charge in [-0.05, 0) is 31.5 Å². The number of benzene rings is 1. The number of imidazole rings is 1. The van der Waals surface area contributed by atoms with Crippen LogP contribution < -0.4 is 5.32 Å². The van der Waals surface area contributed by atoms with Crippen molar-refractivity contribution >= 4 is 33.9 Å². The lowest BCUT2D eigenvalue weighted by Gasteiger charge is -2.09.